The number of carbonyl (C=O) groups excluding carboxylic acids is 1. The molecule has 0 spiro atoms. The number of rotatable bonds is 4. The molecule has 1 rings (SSSR count). The maximum atomic E-state index is 13.0. The van der Waals surface area contributed by atoms with Crippen molar-refractivity contribution in [1.29, 1.82) is 0 Å². The van der Waals surface area contributed by atoms with E-state index < -0.39 is 36.2 Å². The summed E-state index contributed by atoms with van der Waals surface area (Å²) in [5.74, 6) is -3.11. The molecule has 0 radical (unpaired) electrons. The Bertz CT molecular complexity index is 453. The number of benzene rings is 1. The SMILES string of the molecule is COC(=O)CC(O)C(O)c1cc(F)c(F)cc1N. The fourth-order valence-electron chi connectivity index (χ4n) is 1.41. The number of halogens is 2. The summed E-state index contributed by atoms with van der Waals surface area (Å²) in [6.45, 7) is 0. The van der Waals surface area contributed by atoms with Crippen LogP contribution in [-0.4, -0.2) is 29.4 Å². The summed E-state index contributed by atoms with van der Waals surface area (Å²) in [7, 11) is 1.12. The third kappa shape index (κ3) is 3.14. The second kappa shape index (κ2) is 5.74. The quantitative estimate of drug-likeness (QED) is 0.542. The molecule has 2 atom stereocenters. The van der Waals surface area contributed by atoms with Crippen LogP contribution in [0.4, 0.5) is 14.5 Å². The van der Waals surface area contributed by atoms with Crippen molar-refractivity contribution in [2.45, 2.75) is 18.6 Å². The van der Waals surface area contributed by atoms with Gasteiger partial charge in [-0.3, -0.25) is 4.79 Å². The van der Waals surface area contributed by atoms with Gasteiger partial charge in [0.1, 0.15) is 6.10 Å². The normalized spacial score (nSPS) is 14.1. The van der Waals surface area contributed by atoms with E-state index in [4.69, 9.17) is 5.73 Å². The second-order valence-corrected chi connectivity index (χ2v) is 3.69. The zero-order valence-corrected chi connectivity index (χ0v) is 9.56. The van der Waals surface area contributed by atoms with Crippen molar-refractivity contribution in [3.8, 4) is 0 Å². The van der Waals surface area contributed by atoms with Gasteiger partial charge in [0.15, 0.2) is 11.6 Å². The van der Waals surface area contributed by atoms with Crippen molar-refractivity contribution >= 4 is 11.7 Å². The molecule has 4 N–H and O–H groups in total. The monoisotopic (exact) mass is 261 g/mol. The number of aliphatic hydroxyl groups excluding tert-OH is 2. The van der Waals surface area contributed by atoms with Crippen molar-refractivity contribution in [2.75, 3.05) is 12.8 Å². The summed E-state index contributed by atoms with van der Waals surface area (Å²) in [4.78, 5) is 10.9. The van der Waals surface area contributed by atoms with Crippen molar-refractivity contribution in [2.24, 2.45) is 0 Å². The van der Waals surface area contributed by atoms with Gasteiger partial charge in [-0.05, 0) is 6.07 Å². The van der Waals surface area contributed by atoms with Gasteiger partial charge < -0.3 is 20.7 Å². The minimum atomic E-state index is -1.61. The topological polar surface area (TPSA) is 92.8 Å². The largest absolute Gasteiger partial charge is 0.469 e. The lowest BCUT2D eigenvalue weighted by Gasteiger charge is -2.18. The van der Waals surface area contributed by atoms with Crippen LogP contribution in [0.1, 0.15) is 18.1 Å². The highest BCUT2D eigenvalue weighted by molar-refractivity contribution is 5.70. The number of anilines is 1. The van der Waals surface area contributed by atoms with Gasteiger partial charge in [-0.2, -0.15) is 0 Å². The van der Waals surface area contributed by atoms with Crippen molar-refractivity contribution in [3.05, 3.63) is 29.3 Å². The standard InChI is InChI=1S/C11H13F2NO4/c1-18-10(16)4-9(15)11(17)5-2-6(12)7(13)3-8(5)14/h2-3,9,11,15,17H,4,14H2,1H3. The fraction of sp³-hybridized carbons (Fsp3) is 0.364. The number of hydrogen-bond acceptors (Lipinski definition) is 5. The number of methoxy groups -OCH3 is 1. The summed E-state index contributed by atoms with van der Waals surface area (Å²) < 4.78 is 30.1. The molecule has 0 aromatic heterocycles. The highest BCUT2D eigenvalue weighted by Crippen LogP contribution is 2.27. The maximum Gasteiger partial charge on any atom is 0.308 e. The van der Waals surface area contributed by atoms with Gasteiger partial charge in [0.25, 0.3) is 0 Å². The van der Waals surface area contributed by atoms with Crippen molar-refractivity contribution < 1.29 is 28.5 Å². The number of nitrogen functional groups attached to an aromatic ring is 1. The predicted molar refractivity (Wildman–Crippen MR) is 58.4 cm³/mol. The van der Waals surface area contributed by atoms with Crippen LogP contribution < -0.4 is 5.73 Å². The van der Waals surface area contributed by atoms with Gasteiger partial charge >= 0.3 is 5.97 Å². The third-order valence-electron chi connectivity index (χ3n) is 2.41. The molecule has 5 nitrogen and oxygen atoms in total. The Morgan fingerprint density at radius 1 is 1.39 bits per heavy atom. The number of hydrogen-bond donors (Lipinski definition) is 3. The van der Waals surface area contributed by atoms with Gasteiger partial charge in [-0.1, -0.05) is 0 Å². The maximum absolute atomic E-state index is 13.0. The molecule has 1 aromatic carbocycles. The highest BCUT2D eigenvalue weighted by Gasteiger charge is 2.24. The average Bonchev–Trinajstić information content (AvgIpc) is 2.32. The Labute approximate surface area is 102 Å². The van der Waals surface area contributed by atoms with Gasteiger partial charge in [-0.15, -0.1) is 0 Å². The van der Waals surface area contributed by atoms with E-state index in [-0.39, 0.29) is 11.3 Å². The molecule has 0 saturated heterocycles. The lowest BCUT2D eigenvalue weighted by atomic mass is 10.00. The molecule has 0 aliphatic heterocycles. The van der Waals surface area contributed by atoms with E-state index in [9.17, 15) is 23.8 Å². The Morgan fingerprint density at radius 2 is 1.94 bits per heavy atom. The Morgan fingerprint density at radius 3 is 2.50 bits per heavy atom. The summed E-state index contributed by atoms with van der Waals surface area (Å²) in [5, 5.41) is 19.2. The Kier molecular flexibility index (Phi) is 4.57. The molecular formula is C11H13F2NO4. The summed E-state index contributed by atoms with van der Waals surface area (Å²) >= 11 is 0. The van der Waals surface area contributed by atoms with Gasteiger partial charge in [0, 0.05) is 17.3 Å². The molecule has 0 fully saturated rings. The molecule has 2 unspecified atom stereocenters. The van der Waals surface area contributed by atoms with E-state index in [1.165, 1.54) is 0 Å². The smallest absolute Gasteiger partial charge is 0.308 e. The van der Waals surface area contributed by atoms with E-state index in [1.54, 1.807) is 0 Å². The number of esters is 1. The Balaban J connectivity index is 2.93. The molecule has 0 amide bonds. The van der Waals surface area contributed by atoms with Crippen LogP contribution in [-0.2, 0) is 9.53 Å². The second-order valence-electron chi connectivity index (χ2n) is 3.69. The molecule has 0 heterocycles. The molecule has 0 aliphatic rings. The number of carbonyl (C=O) groups is 1. The van der Waals surface area contributed by atoms with Crippen LogP contribution in [0.25, 0.3) is 0 Å². The molecule has 18 heavy (non-hydrogen) atoms. The summed E-state index contributed by atoms with van der Waals surface area (Å²) in [5.41, 5.74) is 4.99. The molecule has 100 valence electrons. The lowest BCUT2D eigenvalue weighted by Crippen LogP contribution is -2.23. The Hall–Kier alpha value is -1.73. The average molecular weight is 261 g/mol. The molecule has 1 aromatic rings. The van der Waals surface area contributed by atoms with Crippen LogP contribution in [0, 0.1) is 11.6 Å². The number of ether oxygens (including phenoxy) is 1. The fourth-order valence-corrected chi connectivity index (χ4v) is 1.41. The van der Waals surface area contributed by atoms with Crippen molar-refractivity contribution in [1.82, 2.24) is 0 Å². The van der Waals surface area contributed by atoms with E-state index in [2.05, 4.69) is 4.74 Å². The lowest BCUT2D eigenvalue weighted by molar-refractivity contribution is -0.144. The van der Waals surface area contributed by atoms with Crippen LogP contribution in [0.5, 0.6) is 0 Å². The minimum Gasteiger partial charge on any atom is -0.469 e. The first-order valence-corrected chi connectivity index (χ1v) is 5.04. The third-order valence-corrected chi connectivity index (χ3v) is 2.41. The zero-order valence-electron chi connectivity index (χ0n) is 9.56. The van der Waals surface area contributed by atoms with Gasteiger partial charge in [0.2, 0.25) is 0 Å². The molecular weight excluding hydrogens is 248 g/mol. The number of nitrogens with two attached hydrogens (primary N) is 1. The summed E-state index contributed by atoms with van der Waals surface area (Å²) in [6.07, 6.45) is -3.63. The molecule has 0 saturated carbocycles. The molecule has 0 bridgehead atoms. The van der Waals surface area contributed by atoms with Crippen LogP contribution >= 0.6 is 0 Å². The van der Waals surface area contributed by atoms with E-state index in [0.717, 1.165) is 7.11 Å². The molecule has 7 heteroatoms. The van der Waals surface area contributed by atoms with Crippen LogP contribution in [0.2, 0.25) is 0 Å². The highest BCUT2D eigenvalue weighted by atomic mass is 19.2. The van der Waals surface area contributed by atoms with E-state index in [0.29, 0.717) is 12.1 Å². The first kappa shape index (κ1) is 14.3. The van der Waals surface area contributed by atoms with Gasteiger partial charge in [-0.25, -0.2) is 8.78 Å². The summed E-state index contributed by atoms with van der Waals surface area (Å²) in [6, 6.07) is 1.37. The van der Waals surface area contributed by atoms with Crippen LogP contribution in [0.15, 0.2) is 12.1 Å². The van der Waals surface area contributed by atoms with Crippen molar-refractivity contribution in [3.63, 3.8) is 0 Å². The molecule has 0 aliphatic carbocycles. The minimum absolute atomic E-state index is 0.190. The first-order chi connectivity index (χ1) is 8.36. The number of aliphatic hydroxyl groups is 2. The van der Waals surface area contributed by atoms with Crippen LogP contribution in [0.3, 0.4) is 0 Å². The van der Waals surface area contributed by atoms with E-state index in [1.807, 2.05) is 0 Å². The van der Waals surface area contributed by atoms with Gasteiger partial charge in [0.05, 0.1) is 19.6 Å². The first-order valence-electron chi connectivity index (χ1n) is 5.04. The predicted octanol–water partition coefficient (Wildman–Crippen LogP) is 0.504. The zero-order chi connectivity index (χ0) is 13.9. The van der Waals surface area contributed by atoms with E-state index >= 15 is 0 Å².